The van der Waals surface area contributed by atoms with Crippen molar-refractivity contribution in [3.63, 3.8) is 0 Å². The molecule has 0 amide bonds. The molecule has 0 saturated heterocycles. The van der Waals surface area contributed by atoms with Crippen molar-refractivity contribution in [3.8, 4) is 11.5 Å². The first kappa shape index (κ1) is 19.9. The molecule has 0 saturated carbocycles. The molecule has 140 valence electrons. The number of esters is 1. The molecule has 0 atom stereocenters. The Bertz CT molecular complexity index is 883. The number of hydrogen-bond donors (Lipinski definition) is 0. The van der Waals surface area contributed by atoms with E-state index in [4.69, 9.17) is 21.1 Å². The molecule has 0 aliphatic heterocycles. The van der Waals surface area contributed by atoms with E-state index in [1.165, 1.54) is 51.7 Å². The zero-order chi connectivity index (χ0) is 19.3. The fourth-order valence-corrected chi connectivity index (χ4v) is 3.94. The third-order valence-electron chi connectivity index (χ3n) is 3.57. The lowest BCUT2D eigenvalue weighted by Gasteiger charge is -2.23. The van der Waals surface area contributed by atoms with Crippen LogP contribution in [0.5, 0.6) is 11.5 Å². The van der Waals surface area contributed by atoms with Crippen LogP contribution in [0.4, 0.5) is 5.69 Å². The Balaban J connectivity index is 2.51. The lowest BCUT2D eigenvalue weighted by Crippen LogP contribution is -2.36. The lowest BCUT2D eigenvalue weighted by atomic mass is 10.3. The smallest absolute Gasteiger partial charge is 0.326 e. The zero-order valence-electron chi connectivity index (χ0n) is 14.4. The SMILES string of the molecule is COC(=O)CN(c1ccc(OC)cc1)S(=O)(=O)c1ccc(OC)c(Cl)c1. The van der Waals surface area contributed by atoms with Gasteiger partial charge in [-0.15, -0.1) is 0 Å². The third kappa shape index (κ3) is 4.20. The number of hydrogen-bond acceptors (Lipinski definition) is 6. The highest BCUT2D eigenvalue weighted by Crippen LogP contribution is 2.31. The Kier molecular flexibility index (Phi) is 6.33. The van der Waals surface area contributed by atoms with E-state index in [1.54, 1.807) is 12.1 Å². The topological polar surface area (TPSA) is 82.1 Å². The summed E-state index contributed by atoms with van der Waals surface area (Å²) in [5.41, 5.74) is 0.281. The van der Waals surface area contributed by atoms with E-state index in [2.05, 4.69) is 4.74 Å². The first-order valence-electron chi connectivity index (χ1n) is 7.40. The molecule has 0 aromatic heterocycles. The predicted molar refractivity (Wildman–Crippen MR) is 97.5 cm³/mol. The summed E-state index contributed by atoms with van der Waals surface area (Å²) in [7, 11) is 0.0355. The molecule has 2 aromatic carbocycles. The molecule has 0 unspecified atom stereocenters. The first-order valence-corrected chi connectivity index (χ1v) is 9.22. The first-order chi connectivity index (χ1) is 12.3. The van der Waals surface area contributed by atoms with E-state index >= 15 is 0 Å². The summed E-state index contributed by atoms with van der Waals surface area (Å²) in [6.45, 7) is -0.491. The van der Waals surface area contributed by atoms with Gasteiger partial charge in [-0.3, -0.25) is 9.10 Å². The number of carbonyl (C=O) groups is 1. The van der Waals surface area contributed by atoms with E-state index in [9.17, 15) is 13.2 Å². The van der Waals surface area contributed by atoms with Gasteiger partial charge in [0.15, 0.2) is 0 Å². The number of anilines is 1. The molecule has 0 N–H and O–H groups in total. The molecule has 7 nitrogen and oxygen atoms in total. The van der Waals surface area contributed by atoms with Crippen molar-refractivity contribution in [2.75, 3.05) is 32.2 Å². The van der Waals surface area contributed by atoms with Crippen molar-refractivity contribution in [3.05, 3.63) is 47.5 Å². The van der Waals surface area contributed by atoms with Crippen LogP contribution in [-0.2, 0) is 19.6 Å². The molecule has 0 aliphatic rings. The number of rotatable bonds is 7. The van der Waals surface area contributed by atoms with Gasteiger partial charge < -0.3 is 14.2 Å². The number of sulfonamides is 1. The van der Waals surface area contributed by atoms with Crippen molar-refractivity contribution >= 4 is 33.3 Å². The Labute approximate surface area is 157 Å². The molecule has 0 aliphatic carbocycles. The molecule has 0 radical (unpaired) electrons. The van der Waals surface area contributed by atoms with Crippen LogP contribution in [0.2, 0.25) is 5.02 Å². The van der Waals surface area contributed by atoms with Crippen LogP contribution >= 0.6 is 11.6 Å². The number of ether oxygens (including phenoxy) is 3. The van der Waals surface area contributed by atoms with Crippen molar-refractivity contribution in [1.82, 2.24) is 0 Å². The number of benzene rings is 2. The largest absolute Gasteiger partial charge is 0.497 e. The second-order valence-corrected chi connectivity index (χ2v) is 7.35. The average Bonchev–Trinajstić information content (AvgIpc) is 2.65. The van der Waals surface area contributed by atoms with Gasteiger partial charge in [-0.05, 0) is 42.5 Å². The average molecular weight is 400 g/mol. The fourth-order valence-electron chi connectivity index (χ4n) is 2.18. The van der Waals surface area contributed by atoms with Gasteiger partial charge in [0.2, 0.25) is 0 Å². The van der Waals surface area contributed by atoms with Gasteiger partial charge in [-0.1, -0.05) is 11.6 Å². The maximum atomic E-state index is 13.1. The van der Waals surface area contributed by atoms with Gasteiger partial charge in [0.25, 0.3) is 10.0 Å². The Morgan fingerprint density at radius 2 is 1.69 bits per heavy atom. The van der Waals surface area contributed by atoms with Gasteiger partial charge in [0.1, 0.15) is 18.0 Å². The van der Waals surface area contributed by atoms with Gasteiger partial charge in [0, 0.05) is 0 Å². The number of halogens is 1. The normalized spacial score (nSPS) is 10.9. The summed E-state index contributed by atoms with van der Waals surface area (Å²) in [6.07, 6.45) is 0. The molecule has 0 spiro atoms. The van der Waals surface area contributed by atoms with Crippen LogP contribution in [0, 0.1) is 0 Å². The highest BCUT2D eigenvalue weighted by Gasteiger charge is 2.28. The van der Waals surface area contributed by atoms with E-state index in [-0.39, 0.29) is 15.6 Å². The molecule has 2 aromatic rings. The van der Waals surface area contributed by atoms with E-state index in [1.807, 2.05) is 0 Å². The summed E-state index contributed by atoms with van der Waals surface area (Å²) in [4.78, 5) is 11.7. The Hall–Kier alpha value is -2.45. The van der Waals surface area contributed by atoms with Crippen LogP contribution in [0.25, 0.3) is 0 Å². The van der Waals surface area contributed by atoms with Gasteiger partial charge in [0.05, 0.1) is 36.9 Å². The van der Waals surface area contributed by atoms with Gasteiger partial charge >= 0.3 is 5.97 Å². The van der Waals surface area contributed by atoms with Crippen LogP contribution in [-0.4, -0.2) is 42.3 Å². The minimum atomic E-state index is -4.07. The maximum Gasteiger partial charge on any atom is 0.326 e. The van der Waals surface area contributed by atoms with Crippen molar-refractivity contribution in [2.24, 2.45) is 0 Å². The zero-order valence-corrected chi connectivity index (χ0v) is 16.0. The molecular weight excluding hydrogens is 382 g/mol. The second-order valence-electron chi connectivity index (χ2n) is 5.08. The van der Waals surface area contributed by atoms with Crippen molar-refractivity contribution in [2.45, 2.75) is 4.90 Å². The highest BCUT2D eigenvalue weighted by molar-refractivity contribution is 7.92. The van der Waals surface area contributed by atoms with Crippen LogP contribution in [0.15, 0.2) is 47.4 Å². The number of nitrogens with zero attached hydrogens (tertiary/aromatic N) is 1. The standard InChI is InChI=1S/C17H18ClNO6S/c1-23-13-6-4-12(5-7-13)19(11-17(20)25-3)26(21,22)14-8-9-16(24-2)15(18)10-14/h4-10H,11H2,1-3H3. The molecule has 0 heterocycles. The summed E-state index contributed by atoms with van der Waals surface area (Å²) in [5.74, 6) is 0.190. The lowest BCUT2D eigenvalue weighted by molar-refractivity contribution is -0.138. The molecule has 2 rings (SSSR count). The number of methoxy groups -OCH3 is 3. The summed E-state index contributed by atoms with van der Waals surface area (Å²) < 4.78 is 41.8. The molecule has 26 heavy (non-hydrogen) atoms. The van der Waals surface area contributed by atoms with E-state index < -0.39 is 22.5 Å². The second kappa shape index (κ2) is 8.29. The van der Waals surface area contributed by atoms with Gasteiger partial charge in [-0.2, -0.15) is 0 Å². The monoisotopic (exact) mass is 399 g/mol. The molecule has 0 fully saturated rings. The van der Waals surface area contributed by atoms with Crippen LogP contribution in [0.1, 0.15) is 0 Å². The van der Waals surface area contributed by atoms with E-state index in [0.29, 0.717) is 11.5 Å². The Morgan fingerprint density at radius 1 is 1.04 bits per heavy atom. The molecular formula is C17H18ClNO6S. The van der Waals surface area contributed by atoms with Gasteiger partial charge in [-0.25, -0.2) is 8.42 Å². The molecule has 0 bridgehead atoms. The van der Waals surface area contributed by atoms with Crippen LogP contribution in [0.3, 0.4) is 0 Å². The van der Waals surface area contributed by atoms with Crippen molar-refractivity contribution < 1.29 is 27.4 Å². The van der Waals surface area contributed by atoms with Crippen molar-refractivity contribution in [1.29, 1.82) is 0 Å². The van der Waals surface area contributed by atoms with Crippen LogP contribution < -0.4 is 13.8 Å². The summed E-state index contributed by atoms with van der Waals surface area (Å²) in [5, 5.41) is 0.140. The van der Waals surface area contributed by atoms with E-state index in [0.717, 1.165) is 4.31 Å². The maximum absolute atomic E-state index is 13.1. The third-order valence-corrected chi connectivity index (χ3v) is 5.64. The summed E-state index contributed by atoms with van der Waals surface area (Å²) in [6, 6.07) is 10.3. The minimum Gasteiger partial charge on any atom is -0.497 e. The quantitative estimate of drug-likeness (QED) is 0.666. The Morgan fingerprint density at radius 3 is 2.19 bits per heavy atom. The molecule has 9 heteroatoms. The predicted octanol–water partition coefficient (Wildman–Crippen LogP) is 2.73. The summed E-state index contributed by atoms with van der Waals surface area (Å²) >= 11 is 6.04. The highest BCUT2D eigenvalue weighted by atomic mass is 35.5. The number of carbonyl (C=O) groups excluding carboxylic acids is 1. The minimum absolute atomic E-state index is 0.0805. The fraction of sp³-hybridized carbons (Fsp3) is 0.235.